The summed E-state index contributed by atoms with van der Waals surface area (Å²) in [7, 11) is 3.77. The lowest BCUT2D eigenvalue weighted by atomic mass is 10.3. The van der Waals surface area contributed by atoms with Gasteiger partial charge >= 0.3 is 0 Å². The van der Waals surface area contributed by atoms with Crippen molar-refractivity contribution in [2.45, 2.75) is 0 Å². The van der Waals surface area contributed by atoms with Gasteiger partial charge in [0, 0.05) is 33.2 Å². The van der Waals surface area contributed by atoms with Gasteiger partial charge in [0.15, 0.2) is 0 Å². The summed E-state index contributed by atoms with van der Waals surface area (Å²) in [4.78, 5) is 19.2. The Hall–Kier alpha value is -1.89. The molecule has 7 heteroatoms. The van der Waals surface area contributed by atoms with Gasteiger partial charge < -0.3 is 15.1 Å². The smallest absolute Gasteiger partial charge is 0.276 e. The summed E-state index contributed by atoms with van der Waals surface area (Å²) in [6, 6.07) is 2.98. The Labute approximate surface area is 106 Å². The van der Waals surface area contributed by atoms with E-state index in [1.807, 2.05) is 0 Å². The molecule has 1 fully saturated rings. The standard InChI is InChI=1S/C11H17N5O2/c1-12-10-7-9(16(17)18)8-11(13-10)15-5-3-14(2)4-6-15/h7-8H,3-6H2,1-2H3,(H,12,13). The molecule has 1 aliphatic heterocycles. The normalized spacial score (nSPS) is 16.7. The Morgan fingerprint density at radius 3 is 2.56 bits per heavy atom. The number of rotatable bonds is 3. The average molecular weight is 251 g/mol. The fourth-order valence-electron chi connectivity index (χ4n) is 1.93. The lowest BCUT2D eigenvalue weighted by Gasteiger charge is -2.33. The molecule has 0 unspecified atom stereocenters. The molecule has 7 nitrogen and oxygen atoms in total. The number of pyridine rings is 1. The van der Waals surface area contributed by atoms with Crippen molar-refractivity contribution in [2.75, 3.05) is 50.5 Å². The number of nitrogens with zero attached hydrogens (tertiary/aromatic N) is 4. The van der Waals surface area contributed by atoms with E-state index in [1.54, 1.807) is 7.05 Å². The van der Waals surface area contributed by atoms with Crippen LogP contribution in [-0.2, 0) is 0 Å². The van der Waals surface area contributed by atoms with Crippen molar-refractivity contribution in [1.29, 1.82) is 0 Å². The van der Waals surface area contributed by atoms with Crippen LogP contribution in [0.4, 0.5) is 17.3 Å². The Balaban J connectivity index is 2.26. The van der Waals surface area contributed by atoms with E-state index in [0.717, 1.165) is 26.2 Å². The quantitative estimate of drug-likeness (QED) is 0.632. The SMILES string of the molecule is CNc1cc([N+](=O)[O-])cc(N2CCN(C)CC2)n1. The predicted molar refractivity (Wildman–Crippen MR) is 70.1 cm³/mol. The number of likely N-dealkylation sites (N-methyl/N-ethyl adjacent to an activating group) is 1. The van der Waals surface area contributed by atoms with Crippen LogP contribution in [0.5, 0.6) is 0 Å². The number of anilines is 2. The number of aromatic nitrogens is 1. The molecule has 1 aromatic rings. The maximum atomic E-state index is 10.9. The van der Waals surface area contributed by atoms with Crippen molar-refractivity contribution in [3.05, 3.63) is 22.2 Å². The zero-order chi connectivity index (χ0) is 13.1. The molecule has 1 N–H and O–H groups in total. The highest BCUT2D eigenvalue weighted by atomic mass is 16.6. The summed E-state index contributed by atoms with van der Waals surface area (Å²) in [5, 5.41) is 13.7. The van der Waals surface area contributed by atoms with Crippen LogP contribution in [0.2, 0.25) is 0 Å². The molecule has 18 heavy (non-hydrogen) atoms. The van der Waals surface area contributed by atoms with Crippen molar-refractivity contribution >= 4 is 17.3 Å². The maximum Gasteiger partial charge on any atom is 0.276 e. The van der Waals surface area contributed by atoms with Crippen molar-refractivity contribution in [3.8, 4) is 0 Å². The molecule has 98 valence electrons. The van der Waals surface area contributed by atoms with Crippen molar-refractivity contribution in [1.82, 2.24) is 9.88 Å². The van der Waals surface area contributed by atoms with Crippen LogP contribution in [0, 0.1) is 10.1 Å². The first-order chi connectivity index (χ1) is 8.60. The highest BCUT2D eigenvalue weighted by molar-refractivity contribution is 5.55. The predicted octanol–water partition coefficient (Wildman–Crippen LogP) is 0.783. The number of nitrogens with one attached hydrogen (secondary N) is 1. The summed E-state index contributed by atoms with van der Waals surface area (Å²) < 4.78 is 0. The molecule has 0 spiro atoms. The topological polar surface area (TPSA) is 74.5 Å². The van der Waals surface area contributed by atoms with Crippen molar-refractivity contribution < 1.29 is 4.92 Å². The van der Waals surface area contributed by atoms with Gasteiger partial charge in [0.1, 0.15) is 11.6 Å². The number of hydrogen-bond donors (Lipinski definition) is 1. The van der Waals surface area contributed by atoms with Gasteiger partial charge in [0.2, 0.25) is 0 Å². The van der Waals surface area contributed by atoms with Crippen LogP contribution in [0.15, 0.2) is 12.1 Å². The monoisotopic (exact) mass is 251 g/mol. The Kier molecular flexibility index (Phi) is 3.61. The Morgan fingerprint density at radius 2 is 2.00 bits per heavy atom. The summed E-state index contributed by atoms with van der Waals surface area (Å²) in [5.41, 5.74) is 0.0725. The van der Waals surface area contributed by atoms with E-state index >= 15 is 0 Å². The molecule has 0 radical (unpaired) electrons. The van der Waals surface area contributed by atoms with Crippen LogP contribution >= 0.6 is 0 Å². The molecule has 1 aromatic heterocycles. The molecule has 1 saturated heterocycles. The van der Waals surface area contributed by atoms with E-state index in [0.29, 0.717) is 11.6 Å². The number of piperazine rings is 1. The molecular formula is C11H17N5O2. The van der Waals surface area contributed by atoms with Crippen LogP contribution in [0.25, 0.3) is 0 Å². The van der Waals surface area contributed by atoms with Gasteiger partial charge in [-0.25, -0.2) is 4.98 Å². The van der Waals surface area contributed by atoms with Gasteiger partial charge in [-0.2, -0.15) is 0 Å². The molecule has 0 aliphatic carbocycles. The molecule has 0 bridgehead atoms. The van der Waals surface area contributed by atoms with Crippen molar-refractivity contribution in [3.63, 3.8) is 0 Å². The van der Waals surface area contributed by atoms with Crippen molar-refractivity contribution in [2.24, 2.45) is 0 Å². The van der Waals surface area contributed by atoms with Gasteiger partial charge in [-0.05, 0) is 7.05 Å². The molecule has 1 aliphatic rings. The first-order valence-electron chi connectivity index (χ1n) is 5.88. The molecule has 0 aromatic carbocycles. The molecule has 0 amide bonds. The summed E-state index contributed by atoms with van der Waals surface area (Å²) in [6.07, 6.45) is 0. The molecular weight excluding hydrogens is 234 g/mol. The van der Waals surface area contributed by atoms with E-state index in [4.69, 9.17) is 0 Å². The zero-order valence-electron chi connectivity index (χ0n) is 10.6. The maximum absolute atomic E-state index is 10.9. The van der Waals surface area contributed by atoms with E-state index in [-0.39, 0.29) is 10.6 Å². The van der Waals surface area contributed by atoms with E-state index in [9.17, 15) is 10.1 Å². The summed E-state index contributed by atoms with van der Waals surface area (Å²) in [5.74, 6) is 1.19. The Bertz CT molecular complexity index is 443. The van der Waals surface area contributed by atoms with Crippen LogP contribution < -0.4 is 10.2 Å². The molecule has 0 saturated carbocycles. The minimum atomic E-state index is -0.387. The lowest BCUT2D eigenvalue weighted by Crippen LogP contribution is -2.44. The fourth-order valence-corrected chi connectivity index (χ4v) is 1.93. The van der Waals surface area contributed by atoms with E-state index in [2.05, 4.69) is 27.1 Å². The Morgan fingerprint density at radius 1 is 1.33 bits per heavy atom. The second-order valence-electron chi connectivity index (χ2n) is 4.37. The third kappa shape index (κ3) is 2.67. The van der Waals surface area contributed by atoms with Gasteiger partial charge in [-0.3, -0.25) is 10.1 Å². The highest BCUT2D eigenvalue weighted by Crippen LogP contribution is 2.23. The molecule has 2 heterocycles. The first-order valence-corrected chi connectivity index (χ1v) is 5.88. The van der Waals surface area contributed by atoms with Crippen LogP contribution in [-0.4, -0.2) is 55.1 Å². The van der Waals surface area contributed by atoms with Crippen LogP contribution in [0.3, 0.4) is 0 Å². The summed E-state index contributed by atoms with van der Waals surface area (Å²) in [6.45, 7) is 3.57. The molecule has 2 rings (SSSR count). The number of nitro groups is 1. The minimum Gasteiger partial charge on any atom is -0.373 e. The highest BCUT2D eigenvalue weighted by Gasteiger charge is 2.19. The summed E-state index contributed by atoms with van der Waals surface area (Å²) >= 11 is 0. The fraction of sp³-hybridized carbons (Fsp3) is 0.545. The third-order valence-corrected chi connectivity index (χ3v) is 3.09. The van der Waals surface area contributed by atoms with E-state index < -0.39 is 0 Å². The second kappa shape index (κ2) is 5.18. The van der Waals surface area contributed by atoms with Gasteiger partial charge in [0.05, 0.1) is 17.1 Å². The van der Waals surface area contributed by atoms with E-state index in [1.165, 1.54) is 12.1 Å². The second-order valence-corrected chi connectivity index (χ2v) is 4.37. The third-order valence-electron chi connectivity index (χ3n) is 3.09. The van der Waals surface area contributed by atoms with Crippen LogP contribution in [0.1, 0.15) is 0 Å². The zero-order valence-corrected chi connectivity index (χ0v) is 10.6. The van der Waals surface area contributed by atoms with Gasteiger partial charge in [0.25, 0.3) is 5.69 Å². The largest absolute Gasteiger partial charge is 0.373 e. The van der Waals surface area contributed by atoms with Gasteiger partial charge in [-0.15, -0.1) is 0 Å². The number of hydrogen-bond acceptors (Lipinski definition) is 6. The lowest BCUT2D eigenvalue weighted by molar-refractivity contribution is -0.384. The minimum absolute atomic E-state index is 0.0725. The first kappa shape index (κ1) is 12.6. The van der Waals surface area contributed by atoms with Gasteiger partial charge in [-0.1, -0.05) is 0 Å². The average Bonchev–Trinajstić information content (AvgIpc) is 2.39. The molecule has 0 atom stereocenters.